The van der Waals surface area contributed by atoms with Crippen LogP contribution in [0.15, 0.2) is 72.8 Å². The van der Waals surface area contributed by atoms with Crippen LogP contribution in [0.25, 0.3) is 0 Å². The first-order valence-corrected chi connectivity index (χ1v) is 10.2. The quantitative estimate of drug-likeness (QED) is 0.429. The monoisotopic (exact) mass is 435 g/mol. The Balaban J connectivity index is 1.67. The topological polar surface area (TPSA) is 72.5 Å². The van der Waals surface area contributed by atoms with Gasteiger partial charge in [0.2, 0.25) is 0 Å². The highest BCUT2D eigenvalue weighted by molar-refractivity contribution is 6.30. The summed E-state index contributed by atoms with van der Waals surface area (Å²) in [6, 6.07) is 20.6. The maximum atomic E-state index is 12.9. The third-order valence-electron chi connectivity index (χ3n) is 4.74. The summed E-state index contributed by atoms with van der Waals surface area (Å²) in [4.78, 5) is 37.9. The number of carbonyl (C=O) groups is 3. The van der Waals surface area contributed by atoms with Crippen LogP contribution in [0.1, 0.15) is 44.3 Å². The molecule has 0 spiro atoms. The molecule has 0 radical (unpaired) electrons. The van der Waals surface area contributed by atoms with Gasteiger partial charge in [-0.05, 0) is 37.6 Å². The van der Waals surface area contributed by atoms with Crippen molar-refractivity contribution >= 4 is 29.3 Å². The molecule has 0 fully saturated rings. The minimum Gasteiger partial charge on any atom is -0.449 e. The van der Waals surface area contributed by atoms with E-state index in [4.69, 9.17) is 16.3 Å². The Hall–Kier alpha value is -3.44. The number of aryl methyl sites for hydroxylation is 1. The lowest BCUT2D eigenvalue weighted by Crippen LogP contribution is -2.35. The van der Waals surface area contributed by atoms with Crippen molar-refractivity contribution < 1.29 is 19.1 Å². The van der Waals surface area contributed by atoms with Crippen LogP contribution in [0, 0.1) is 6.92 Å². The number of amides is 1. The second kappa shape index (κ2) is 10.0. The van der Waals surface area contributed by atoms with Gasteiger partial charge in [0.1, 0.15) is 0 Å². The Labute approximate surface area is 186 Å². The van der Waals surface area contributed by atoms with E-state index in [9.17, 15) is 14.4 Å². The zero-order chi connectivity index (χ0) is 22.4. The van der Waals surface area contributed by atoms with Gasteiger partial charge >= 0.3 is 5.97 Å². The van der Waals surface area contributed by atoms with Crippen LogP contribution in [-0.4, -0.2) is 23.8 Å². The fourth-order valence-corrected chi connectivity index (χ4v) is 3.06. The third-order valence-corrected chi connectivity index (χ3v) is 4.99. The van der Waals surface area contributed by atoms with E-state index in [0.29, 0.717) is 10.6 Å². The number of benzene rings is 3. The van der Waals surface area contributed by atoms with E-state index in [-0.39, 0.29) is 23.5 Å². The van der Waals surface area contributed by atoms with Crippen molar-refractivity contribution in [1.29, 1.82) is 0 Å². The second-order valence-electron chi connectivity index (χ2n) is 7.13. The Bertz CT molecular complexity index is 1090. The highest BCUT2D eigenvalue weighted by Gasteiger charge is 2.23. The maximum Gasteiger partial charge on any atom is 0.339 e. The third kappa shape index (κ3) is 5.80. The van der Waals surface area contributed by atoms with Crippen molar-refractivity contribution in [3.05, 3.63) is 106 Å². The van der Waals surface area contributed by atoms with Gasteiger partial charge in [-0.3, -0.25) is 9.59 Å². The summed E-state index contributed by atoms with van der Waals surface area (Å²) in [6.07, 6.45) is -1.03. The fraction of sp³-hybridized carbons (Fsp3) is 0.160. The number of esters is 1. The minimum absolute atomic E-state index is 0.116. The summed E-state index contributed by atoms with van der Waals surface area (Å²) < 4.78 is 5.33. The first kappa shape index (κ1) is 22.2. The number of ether oxygens (including phenoxy) is 1. The summed E-state index contributed by atoms with van der Waals surface area (Å²) in [6.45, 7) is 3.69. The molecule has 3 aromatic rings. The molecular weight excluding hydrogens is 414 g/mol. The summed E-state index contributed by atoms with van der Waals surface area (Å²) >= 11 is 5.85. The van der Waals surface area contributed by atoms with Crippen molar-refractivity contribution in [2.45, 2.75) is 26.5 Å². The number of ketones is 1. The molecule has 31 heavy (non-hydrogen) atoms. The molecule has 3 aromatic carbocycles. The lowest BCUT2D eigenvalue weighted by molar-refractivity contribution is -0.129. The molecule has 0 aliphatic carbocycles. The van der Waals surface area contributed by atoms with Crippen molar-refractivity contribution in [2.24, 2.45) is 0 Å². The van der Waals surface area contributed by atoms with Gasteiger partial charge in [0, 0.05) is 22.7 Å². The predicted molar refractivity (Wildman–Crippen MR) is 119 cm³/mol. The Morgan fingerprint density at radius 1 is 0.903 bits per heavy atom. The molecule has 0 bridgehead atoms. The van der Waals surface area contributed by atoms with Crippen molar-refractivity contribution in [2.75, 3.05) is 0 Å². The zero-order valence-corrected chi connectivity index (χ0v) is 18.0. The van der Waals surface area contributed by atoms with E-state index in [1.165, 1.54) is 13.0 Å². The average molecular weight is 436 g/mol. The number of carbonyl (C=O) groups excluding carboxylic acids is 3. The van der Waals surface area contributed by atoms with Crippen molar-refractivity contribution in [3.63, 3.8) is 0 Å². The van der Waals surface area contributed by atoms with Gasteiger partial charge in [-0.2, -0.15) is 0 Å². The highest BCUT2D eigenvalue weighted by Crippen LogP contribution is 2.17. The SMILES string of the molecule is Cc1ccc(C(=O)c2ccccc2C(=O)O[C@H](C)C(=O)NCc2ccc(Cl)cc2)cc1. The van der Waals surface area contributed by atoms with Crippen LogP contribution in [0.4, 0.5) is 0 Å². The Morgan fingerprint density at radius 3 is 2.16 bits per heavy atom. The number of hydrogen-bond acceptors (Lipinski definition) is 4. The van der Waals surface area contributed by atoms with Gasteiger partial charge in [-0.25, -0.2) is 4.79 Å². The largest absolute Gasteiger partial charge is 0.449 e. The normalized spacial score (nSPS) is 11.5. The summed E-state index contributed by atoms with van der Waals surface area (Å²) in [7, 11) is 0. The van der Waals surface area contributed by atoms with E-state index in [1.54, 1.807) is 54.6 Å². The number of halogens is 1. The van der Waals surface area contributed by atoms with Crippen LogP contribution in [0.3, 0.4) is 0 Å². The smallest absolute Gasteiger partial charge is 0.339 e. The molecule has 0 heterocycles. The maximum absolute atomic E-state index is 12.9. The van der Waals surface area contributed by atoms with E-state index in [0.717, 1.165) is 11.1 Å². The summed E-state index contributed by atoms with van der Waals surface area (Å²) in [5.41, 5.74) is 2.71. The fourth-order valence-electron chi connectivity index (χ4n) is 2.93. The van der Waals surface area contributed by atoms with Gasteiger partial charge in [0.15, 0.2) is 11.9 Å². The van der Waals surface area contributed by atoms with Gasteiger partial charge in [-0.15, -0.1) is 0 Å². The molecule has 0 aromatic heterocycles. The van der Waals surface area contributed by atoms with E-state index >= 15 is 0 Å². The first-order valence-electron chi connectivity index (χ1n) is 9.78. The molecule has 0 unspecified atom stereocenters. The molecule has 1 amide bonds. The van der Waals surface area contributed by atoms with E-state index < -0.39 is 18.0 Å². The predicted octanol–water partition coefficient (Wildman–Crippen LogP) is 4.74. The molecule has 0 aliphatic heterocycles. The van der Waals surface area contributed by atoms with Crippen LogP contribution in [0.2, 0.25) is 5.02 Å². The molecule has 0 aliphatic rings. The summed E-state index contributed by atoms with van der Waals surface area (Å²) in [5, 5.41) is 3.32. The van der Waals surface area contributed by atoms with Crippen LogP contribution < -0.4 is 5.32 Å². The van der Waals surface area contributed by atoms with E-state index in [1.807, 2.05) is 19.1 Å². The average Bonchev–Trinajstić information content (AvgIpc) is 2.78. The molecule has 0 saturated carbocycles. The van der Waals surface area contributed by atoms with Crippen LogP contribution in [0.5, 0.6) is 0 Å². The Kier molecular flexibility index (Phi) is 7.21. The van der Waals surface area contributed by atoms with Gasteiger partial charge in [-0.1, -0.05) is 71.8 Å². The second-order valence-corrected chi connectivity index (χ2v) is 7.57. The first-order chi connectivity index (χ1) is 14.8. The minimum atomic E-state index is -1.03. The molecule has 1 atom stereocenters. The summed E-state index contributed by atoms with van der Waals surface area (Å²) in [5.74, 6) is -1.46. The molecular formula is C25H22ClNO4. The standard InChI is InChI=1S/C25H22ClNO4/c1-16-7-11-19(12-8-16)23(28)21-5-3-4-6-22(21)25(30)31-17(2)24(29)27-15-18-9-13-20(26)14-10-18/h3-14,17H,15H2,1-2H3,(H,27,29)/t17-/m1/s1. The van der Waals surface area contributed by atoms with Crippen LogP contribution in [-0.2, 0) is 16.1 Å². The Morgan fingerprint density at radius 2 is 1.52 bits per heavy atom. The number of nitrogens with one attached hydrogen (secondary N) is 1. The van der Waals surface area contributed by atoms with Gasteiger partial charge in [0.05, 0.1) is 5.56 Å². The zero-order valence-electron chi connectivity index (χ0n) is 17.2. The molecule has 3 rings (SSSR count). The lowest BCUT2D eigenvalue weighted by Gasteiger charge is -2.15. The number of hydrogen-bond donors (Lipinski definition) is 1. The molecule has 0 saturated heterocycles. The number of rotatable bonds is 7. The van der Waals surface area contributed by atoms with Gasteiger partial charge < -0.3 is 10.1 Å². The molecule has 6 heteroatoms. The van der Waals surface area contributed by atoms with E-state index in [2.05, 4.69) is 5.32 Å². The van der Waals surface area contributed by atoms with Crippen molar-refractivity contribution in [1.82, 2.24) is 5.32 Å². The van der Waals surface area contributed by atoms with Crippen molar-refractivity contribution in [3.8, 4) is 0 Å². The molecule has 1 N–H and O–H groups in total. The molecule has 158 valence electrons. The van der Waals surface area contributed by atoms with Gasteiger partial charge in [0.25, 0.3) is 5.91 Å². The highest BCUT2D eigenvalue weighted by atomic mass is 35.5. The molecule has 5 nitrogen and oxygen atoms in total. The lowest BCUT2D eigenvalue weighted by atomic mass is 9.98. The van der Waals surface area contributed by atoms with Crippen LogP contribution >= 0.6 is 11.6 Å².